The van der Waals surface area contributed by atoms with Gasteiger partial charge in [-0.25, -0.2) is 9.69 Å². The summed E-state index contributed by atoms with van der Waals surface area (Å²) in [7, 11) is 0. The van der Waals surface area contributed by atoms with Gasteiger partial charge in [0.1, 0.15) is 5.70 Å². The molecule has 2 aliphatic rings. The van der Waals surface area contributed by atoms with E-state index in [1.165, 1.54) is 0 Å². The first-order chi connectivity index (χ1) is 23.9. The molecule has 2 aliphatic heterocycles. The van der Waals surface area contributed by atoms with Crippen LogP contribution in [0.3, 0.4) is 0 Å². The summed E-state index contributed by atoms with van der Waals surface area (Å²) >= 11 is 0. The molecule has 240 valence electrons. The van der Waals surface area contributed by atoms with Crippen LogP contribution in [0, 0.1) is 0 Å². The number of hydrogen-bond acceptors (Lipinski definition) is 6. The molecule has 0 saturated carbocycles. The van der Waals surface area contributed by atoms with Crippen LogP contribution >= 0.6 is 0 Å². The Labute approximate surface area is 282 Å². The molecule has 5 amide bonds. The van der Waals surface area contributed by atoms with Crippen molar-refractivity contribution in [2.75, 3.05) is 15.5 Å². The third kappa shape index (κ3) is 6.18. The van der Waals surface area contributed by atoms with E-state index in [0.29, 0.717) is 50.6 Å². The number of amides is 5. The summed E-state index contributed by atoms with van der Waals surface area (Å²) in [6, 6.07) is 33.5. The molecular formula is C39H30N6O4. The number of benzene rings is 4. The molecule has 0 spiro atoms. The van der Waals surface area contributed by atoms with E-state index in [1.54, 1.807) is 73.1 Å². The fourth-order valence-electron chi connectivity index (χ4n) is 5.83. The van der Waals surface area contributed by atoms with Gasteiger partial charge in [0.2, 0.25) is 0 Å². The largest absolute Gasteiger partial charge is 0.353 e. The maximum atomic E-state index is 13.7. The molecule has 1 aromatic heterocycles. The van der Waals surface area contributed by atoms with Gasteiger partial charge in [-0.3, -0.25) is 19.4 Å². The van der Waals surface area contributed by atoms with Crippen LogP contribution in [0.1, 0.15) is 45.6 Å². The van der Waals surface area contributed by atoms with Gasteiger partial charge in [-0.05, 0) is 72.2 Å². The summed E-state index contributed by atoms with van der Waals surface area (Å²) in [4.78, 5) is 59.0. The number of pyridine rings is 1. The summed E-state index contributed by atoms with van der Waals surface area (Å²) in [5.74, 6) is -1.19. The van der Waals surface area contributed by atoms with Crippen LogP contribution in [0.5, 0.6) is 0 Å². The zero-order chi connectivity index (χ0) is 33.9. The maximum Gasteiger partial charge on any atom is 0.333 e. The summed E-state index contributed by atoms with van der Waals surface area (Å²) < 4.78 is 0. The lowest BCUT2D eigenvalue weighted by molar-refractivity contribution is -0.114. The Hall–Kier alpha value is -6.81. The predicted octanol–water partition coefficient (Wildman–Crippen LogP) is 6.60. The highest BCUT2D eigenvalue weighted by Crippen LogP contribution is 2.40. The maximum absolute atomic E-state index is 13.7. The number of urea groups is 1. The molecule has 5 aromatic rings. The van der Waals surface area contributed by atoms with Crippen LogP contribution in [0.25, 0.3) is 17.3 Å². The van der Waals surface area contributed by atoms with Crippen molar-refractivity contribution in [3.05, 3.63) is 161 Å². The van der Waals surface area contributed by atoms with Crippen molar-refractivity contribution in [3.63, 3.8) is 0 Å². The molecule has 0 radical (unpaired) electrons. The summed E-state index contributed by atoms with van der Waals surface area (Å²) in [6.07, 6.45) is 4.78. The number of carbonyl (C=O) groups is 4. The molecule has 10 nitrogen and oxygen atoms in total. The molecule has 1 saturated heterocycles. The lowest BCUT2D eigenvalue weighted by Crippen LogP contribution is -2.31. The highest BCUT2D eigenvalue weighted by Gasteiger charge is 2.37. The number of rotatable bonds is 8. The van der Waals surface area contributed by atoms with E-state index in [-0.39, 0.29) is 23.6 Å². The molecule has 3 heterocycles. The van der Waals surface area contributed by atoms with Crippen molar-refractivity contribution in [1.82, 2.24) is 15.6 Å². The first-order valence-electron chi connectivity index (χ1n) is 15.6. The Kier molecular flexibility index (Phi) is 8.26. The molecule has 0 bridgehead atoms. The Morgan fingerprint density at radius 2 is 1.49 bits per heavy atom. The minimum absolute atomic E-state index is 0.115. The normalized spacial score (nSPS) is 16.1. The lowest BCUT2D eigenvalue weighted by atomic mass is 9.98. The van der Waals surface area contributed by atoms with E-state index in [2.05, 4.69) is 26.3 Å². The highest BCUT2D eigenvalue weighted by atomic mass is 16.2. The van der Waals surface area contributed by atoms with Gasteiger partial charge in [0.25, 0.3) is 17.7 Å². The SMILES string of the molecule is CC(NC(=O)c1ccc2c(c1)/C(=C(/Nc1ccccc1N1C(=O)N/C(=C\c3ccncc3)C1=O)c1ccccc1)C(=O)N2)c1ccccc1. The van der Waals surface area contributed by atoms with E-state index < -0.39 is 11.9 Å². The summed E-state index contributed by atoms with van der Waals surface area (Å²) in [5, 5.41) is 12.0. The lowest BCUT2D eigenvalue weighted by Gasteiger charge is -2.21. The van der Waals surface area contributed by atoms with Crippen LogP contribution in [0.4, 0.5) is 21.9 Å². The van der Waals surface area contributed by atoms with Gasteiger partial charge in [0.15, 0.2) is 0 Å². The molecular weight excluding hydrogens is 616 g/mol. The predicted molar refractivity (Wildman–Crippen MR) is 189 cm³/mol. The zero-order valence-corrected chi connectivity index (χ0v) is 26.3. The van der Waals surface area contributed by atoms with Gasteiger partial charge < -0.3 is 21.3 Å². The minimum Gasteiger partial charge on any atom is -0.353 e. The number of aromatic nitrogens is 1. The van der Waals surface area contributed by atoms with Crippen molar-refractivity contribution in [1.29, 1.82) is 0 Å². The summed E-state index contributed by atoms with van der Waals surface area (Å²) in [6.45, 7) is 1.91. The molecule has 1 unspecified atom stereocenters. The number of para-hydroxylation sites is 2. The van der Waals surface area contributed by atoms with E-state index >= 15 is 0 Å². The average Bonchev–Trinajstić information content (AvgIpc) is 3.60. The number of imide groups is 1. The molecule has 49 heavy (non-hydrogen) atoms. The van der Waals surface area contributed by atoms with E-state index in [0.717, 1.165) is 10.5 Å². The Morgan fingerprint density at radius 1 is 0.796 bits per heavy atom. The second kappa shape index (κ2) is 13.1. The topological polar surface area (TPSA) is 133 Å². The standard InChI is InChI=1S/C39H30N6O4/c1-24(26-10-4-2-5-11-26)41-36(46)28-16-17-30-29(23-28)34(37(47)43-30)35(27-12-6-3-7-13-27)42-31-14-8-9-15-33(31)45-38(48)32(44-39(45)49)22-25-18-20-40-21-19-25/h2-24,42H,1H3,(H,41,46)(H,43,47)(H,44,49)/b32-22-,35-34-. The molecule has 1 atom stereocenters. The molecule has 7 rings (SSSR count). The van der Waals surface area contributed by atoms with Crippen LogP contribution in [0.2, 0.25) is 0 Å². The smallest absolute Gasteiger partial charge is 0.333 e. The van der Waals surface area contributed by atoms with Crippen molar-refractivity contribution in [2.45, 2.75) is 13.0 Å². The van der Waals surface area contributed by atoms with E-state index in [4.69, 9.17) is 0 Å². The Bertz CT molecular complexity index is 2160. The quantitative estimate of drug-likeness (QED) is 0.111. The number of nitrogens with zero attached hydrogens (tertiary/aromatic N) is 2. The Morgan fingerprint density at radius 3 is 2.24 bits per heavy atom. The monoisotopic (exact) mass is 646 g/mol. The van der Waals surface area contributed by atoms with Gasteiger partial charge in [0.05, 0.1) is 28.7 Å². The first kappa shape index (κ1) is 30.8. The molecule has 4 aromatic carbocycles. The van der Waals surface area contributed by atoms with Crippen molar-refractivity contribution < 1.29 is 19.2 Å². The van der Waals surface area contributed by atoms with Crippen LogP contribution < -0.4 is 26.2 Å². The molecule has 4 N–H and O–H groups in total. The van der Waals surface area contributed by atoms with Crippen molar-refractivity contribution in [3.8, 4) is 0 Å². The van der Waals surface area contributed by atoms with Crippen LogP contribution in [-0.2, 0) is 9.59 Å². The molecule has 1 fully saturated rings. The number of nitrogens with one attached hydrogen (secondary N) is 4. The number of carbonyl (C=O) groups excluding carboxylic acids is 4. The van der Waals surface area contributed by atoms with Gasteiger partial charge in [-0.1, -0.05) is 72.8 Å². The highest BCUT2D eigenvalue weighted by molar-refractivity contribution is 6.38. The van der Waals surface area contributed by atoms with Crippen molar-refractivity contribution in [2.24, 2.45) is 0 Å². The second-order valence-corrected chi connectivity index (χ2v) is 11.5. The van der Waals surface area contributed by atoms with Gasteiger partial charge in [-0.2, -0.15) is 0 Å². The molecule has 0 aliphatic carbocycles. The number of hydrogen-bond donors (Lipinski definition) is 4. The Balaban J connectivity index is 1.27. The third-order valence-corrected chi connectivity index (χ3v) is 8.29. The second-order valence-electron chi connectivity index (χ2n) is 11.5. The van der Waals surface area contributed by atoms with Gasteiger partial charge >= 0.3 is 6.03 Å². The number of anilines is 3. The number of fused-ring (bicyclic) bond motifs is 1. The minimum atomic E-state index is -0.613. The van der Waals surface area contributed by atoms with Gasteiger partial charge in [0, 0.05) is 29.2 Å². The van der Waals surface area contributed by atoms with Crippen LogP contribution in [0.15, 0.2) is 133 Å². The zero-order valence-electron chi connectivity index (χ0n) is 26.3. The van der Waals surface area contributed by atoms with Gasteiger partial charge in [-0.15, -0.1) is 0 Å². The third-order valence-electron chi connectivity index (χ3n) is 8.29. The van der Waals surface area contributed by atoms with E-state index in [9.17, 15) is 19.2 Å². The van der Waals surface area contributed by atoms with E-state index in [1.807, 2.05) is 67.6 Å². The summed E-state index contributed by atoms with van der Waals surface area (Å²) in [5.41, 5.74) is 5.37. The average molecular weight is 647 g/mol. The van der Waals surface area contributed by atoms with Crippen LogP contribution in [-0.4, -0.2) is 28.7 Å². The fourth-order valence-corrected chi connectivity index (χ4v) is 5.83. The molecule has 10 heteroatoms. The van der Waals surface area contributed by atoms with Crippen molar-refractivity contribution >= 4 is 58.2 Å². The fraction of sp³-hybridized carbons (Fsp3) is 0.0513. The first-order valence-corrected chi connectivity index (χ1v) is 15.6.